The Bertz CT molecular complexity index is 435. The van der Waals surface area contributed by atoms with Gasteiger partial charge in [0.2, 0.25) is 5.91 Å². The quantitative estimate of drug-likeness (QED) is 0.857. The van der Waals surface area contributed by atoms with Crippen LogP contribution in [0, 0.1) is 0 Å². The average Bonchev–Trinajstić information content (AvgIpc) is 2.47. The molecular formula is C14H22N4O. The highest BCUT2D eigenvalue weighted by molar-refractivity contribution is 5.81. The highest BCUT2D eigenvalue weighted by Gasteiger charge is 2.28. The van der Waals surface area contributed by atoms with E-state index < -0.39 is 0 Å². The number of nitrogens with one attached hydrogen (secondary N) is 2. The van der Waals surface area contributed by atoms with E-state index in [2.05, 4.69) is 26.6 Å². The van der Waals surface area contributed by atoms with Gasteiger partial charge in [-0.2, -0.15) is 0 Å². The molecular weight excluding hydrogens is 240 g/mol. The number of rotatable bonds is 4. The number of nitrogens with zero attached hydrogens (tertiary/aromatic N) is 2. The topological polar surface area (TPSA) is 57.3 Å². The zero-order valence-corrected chi connectivity index (χ0v) is 11.6. The molecule has 2 N–H and O–H groups in total. The summed E-state index contributed by atoms with van der Waals surface area (Å²) < 4.78 is 0. The summed E-state index contributed by atoms with van der Waals surface area (Å²) in [5.41, 5.74) is 1.14. The third-order valence-electron chi connectivity index (χ3n) is 3.66. The van der Waals surface area contributed by atoms with Crippen molar-refractivity contribution in [1.29, 1.82) is 0 Å². The molecule has 19 heavy (non-hydrogen) atoms. The summed E-state index contributed by atoms with van der Waals surface area (Å²) in [5, 5.41) is 5.87. The number of pyridine rings is 1. The normalized spacial score (nSPS) is 20.0. The lowest BCUT2D eigenvalue weighted by Crippen LogP contribution is -2.48. The SMILES string of the molecule is CNC(=O)C1CCCCN1Cc1cccnc1NC. The molecule has 0 aliphatic carbocycles. The third-order valence-corrected chi connectivity index (χ3v) is 3.66. The van der Waals surface area contributed by atoms with Gasteiger partial charge in [-0.05, 0) is 25.5 Å². The Morgan fingerprint density at radius 1 is 1.47 bits per heavy atom. The summed E-state index contributed by atoms with van der Waals surface area (Å²) >= 11 is 0. The number of piperidine rings is 1. The second kappa shape index (κ2) is 6.52. The van der Waals surface area contributed by atoms with Gasteiger partial charge in [0.25, 0.3) is 0 Å². The monoisotopic (exact) mass is 262 g/mol. The van der Waals surface area contributed by atoms with Gasteiger partial charge in [0.05, 0.1) is 6.04 Å². The first kappa shape index (κ1) is 13.8. The van der Waals surface area contributed by atoms with Crippen LogP contribution in [0.25, 0.3) is 0 Å². The minimum atomic E-state index is -0.0105. The maximum absolute atomic E-state index is 11.9. The Labute approximate surface area is 114 Å². The van der Waals surface area contributed by atoms with Gasteiger partial charge in [-0.3, -0.25) is 9.69 Å². The van der Waals surface area contributed by atoms with Crippen LogP contribution < -0.4 is 10.6 Å². The van der Waals surface area contributed by atoms with Gasteiger partial charge in [-0.1, -0.05) is 12.5 Å². The molecule has 1 unspecified atom stereocenters. The highest BCUT2D eigenvalue weighted by atomic mass is 16.2. The summed E-state index contributed by atoms with van der Waals surface area (Å²) in [6.45, 7) is 1.73. The number of anilines is 1. The van der Waals surface area contributed by atoms with Crippen LogP contribution >= 0.6 is 0 Å². The van der Waals surface area contributed by atoms with Crippen LogP contribution in [0.15, 0.2) is 18.3 Å². The third kappa shape index (κ3) is 3.23. The van der Waals surface area contributed by atoms with Crippen molar-refractivity contribution in [3.05, 3.63) is 23.9 Å². The number of likely N-dealkylation sites (tertiary alicyclic amines) is 1. The zero-order valence-electron chi connectivity index (χ0n) is 11.6. The second-order valence-corrected chi connectivity index (χ2v) is 4.86. The number of carbonyl (C=O) groups excluding carboxylic acids is 1. The Kier molecular flexibility index (Phi) is 4.74. The molecule has 0 bridgehead atoms. The fraction of sp³-hybridized carbons (Fsp3) is 0.571. The van der Waals surface area contributed by atoms with E-state index in [0.29, 0.717) is 0 Å². The molecule has 0 aromatic carbocycles. The van der Waals surface area contributed by atoms with E-state index >= 15 is 0 Å². The molecule has 1 saturated heterocycles. The summed E-state index contributed by atoms with van der Waals surface area (Å²) in [5.74, 6) is 1.01. The lowest BCUT2D eigenvalue weighted by atomic mass is 10.0. The Morgan fingerprint density at radius 2 is 2.32 bits per heavy atom. The van der Waals surface area contributed by atoms with Crippen molar-refractivity contribution in [2.45, 2.75) is 31.8 Å². The van der Waals surface area contributed by atoms with Crippen LogP contribution in [0.3, 0.4) is 0 Å². The molecule has 1 aromatic heterocycles. The number of likely N-dealkylation sites (N-methyl/N-ethyl adjacent to an activating group) is 1. The van der Waals surface area contributed by atoms with Gasteiger partial charge in [0, 0.05) is 32.4 Å². The lowest BCUT2D eigenvalue weighted by Gasteiger charge is -2.34. The van der Waals surface area contributed by atoms with E-state index in [1.54, 1.807) is 13.2 Å². The summed E-state index contributed by atoms with van der Waals surface area (Å²) in [6.07, 6.45) is 5.00. The molecule has 1 aliphatic heterocycles. The number of hydrogen-bond acceptors (Lipinski definition) is 4. The molecule has 2 rings (SSSR count). The van der Waals surface area contributed by atoms with Crippen molar-refractivity contribution in [3.8, 4) is 0 Å². The van der Waals surface area contributed by atoms with Gasteiger partial charge in [-0.15, -0.1) is 0 Å². The molecule has 1 atom stereocenters. The van der Waals surface area contributed by atoms with Crippen LogP contribution in [0.1, 0.15) is 24.8 Å². The fourth-order valence-corrected chi connectivity index (χ4v) is 2.65. The minimum absolute atomic E-state index is 0.0105. The molecule has 104 valence electrons. The number of carbonyl (C=O) groups is 1. The highest BCUT2D eigenvalue weighted by Crippen LogP contribution is 2.22. The maximum atomic E-state index is 11.9. The van der Waals surface area contributed by atoms with Crippen LogP contribution in [-0.2, 0) is 11.3 Å². The Morgan fingerprint density at radius 3 is 3.05 bits per heavy atom. The van der Waals surface area contributed by atoms with Crippen LogP contribution in [-0.4, -0.2) is 42.5 Å². The molecule has 0 saturated carbocycles. The minimum Gasteiger partial charge on any atom is -0.373 e. The summed E-state index contributed by atoms with van der Waals surface area (Å²) in [6, 6.07) is 3.99. The zero-order chi connectivity index (χ0) is 13.7. The van der Waals surface area contributed by atoms with E-state index in [-0.39, 0.29) is 11.9 Å². The van der Waals surface area contributed by atoms with Crippen LogP contribution in [0.5, 0.6) is 0 Å². The average molecular weight is 262 g/mol. The maximum Gasteiger partial charge on any atom is 0.237 e. The predicted molar refractivity (Wildman–Crippen MR) is 75.9 cm³/mol. The number of aromatic nitrogens is 1. The molecule has 1 amide bonds. The first-order chi connectivity index (χ1) is 9.26. The van der Waals surface area contributed by atoms with Gasteiger partial charge in [0.15, 0.2) is 0 Å². The largest absolute Gasteiger partial charge is 0.373 e. The van der Waals surface area contributed by atoms with Crippen molar-refractivity contribution >= 4 is 11.7 Å². The predicted octanol–water partition coefficient (Wildman–Crippen LogP) is 1.22. The van der Waals surface area contributed by atoms with Gasteiger partial charge >= 0.3 is 0 Å². The number of hydrogen-bond donors (Lipinski definition) is 2. The van der Waals surface area contributed by atoms with E-state index in [1.165, 1.54) is 0 Å². The first-order valence-electron chi connectivity index (χ1n) is 6.83. The van der Waals surface area contributed by atoms with Crippen molar-refractivity contribution in [3.63, 3.8) is 0 Å². The number of amides is 1. The lowest BCUT2D eigenvalue weighted by molar-refractivity contribution is -0.127. The van der Waals surface area contributed by atoms with E-state index in [9.17, 15) is 4.79 Å². The fourth-order valence-electron chi connectivity index (χ4n) is 2.65. The molecule has 5 heteroatoms. The molecule has 1 fully saturated rings. The molecule has 1 aromatic rings. The van der Waals surface area contributed by atoms with E-state index in [1.807, 2.05) is 13.1 Å². The van der Waals surface area contributed by atoms with Gasteiger partial charge in [-0.25, -0.2) is 4.98 Å². The molecule has 0 spiro atoms. The first-order valence-corrected chi connectivity index (χ1v) is 6.83. The Hall–Kier alpha value is -1.62. The standard InChI is InChI=1S/C14H22N4O/c1-15-13-11(6-5-8-17-13)10-18-9-4-3-7-12(18)14(19)16-2/h5-6,8,12H,3-4,7,9-10H2,1-2H3,(H,15,17)(H,16,19). The molecule has 0 radical (unpaired) electrons. The molecule has 1 aliphatic rings. The van der Waals surface area contributed by atoms with Crippen LogP contribution in [0.2, 0.25) is 0 Å². The summed E-state index contributed by atoms with van der Waals surface area (Å²) in [7, 11) is 3.58. The smallest absolute Gasteiger partial charge is 0.237 e. The van der Waals surface area contributed by atoms with E-state index in [4.69, 9.17) is 0 Å². The second-order valence-electron chi connectivity index (χ2n) is 4.86. The molecule has 2 heterocycles. The van der Waals surface area contributed by atoms with Crippen LogP contribution in [0.4, 0.5) is 5.82 Å². The van der Waals surface area contributed by atoms with E-state index in [0.717, 1.165) is 43.7 Å². The Balaban J connectivity index is 2.13. The summed E-state index contributed by atoms with van der Waals surface area (Å²) in [4.78, 5) is 18.5. The van der Waals surface area contributed by atoms with Crippen molar-refractivity contribution in [1.82, 2.24) is 15.2 Å². The van der Waals surface area contributed by atoms with Crippen molar-refractivity contribution < 1.29 is 4.79 Å². The van der Waals surface area contributed by atoms with Gasteiger partial charge < -0.3 is 10.6 Å². The molecule has 5 nitrogen and oxygen atoms in total. The van der Waals surface area contributed by atoms with Crippen molar-refractivity contribution in [2.24, 2.45) is 0 Å². The van der Waals surface area contributed by atoms with Crippen molar-refractivity contribution in [2.75, 3.05) is 26.0 Å². The van der Waals surface area contributed by atoms with Gasteiger partial charge in [0.1, 0.15) is 5.82 Å².